The molecule has 2 aromatic heterocycles. The fourth-order valence-electron chi connectivity index (χ4n) is 3.45. The van der Waals surface area contributed by atoms with Gasteiger partial charge in [0, 0.05) is 11.1 Å². The number of rotatable bonds is 8. The number of anilines is 1. The number of pyridine rings is 1. The number of nitriles is 1. The second kappa shape index (κ2) is 10.7. The van der Waals surface area contributed by atoms with Crippen LogP contribution in [0.5, 0.6) is 0 Å². The van der Waals surface area contributed by atoms with Crippen molar-refractivity contribution in [3.05, 3.63) is 34.0 Å². The topological polar surface area (TPSA) is 105 Å². The van der Waals surface area contributed by atoms with Crippen molar-refractivity contribution in [2.75, 3.05) is 11.9 Å². The molecule has 2 atom stereocenters. The summed E-state index contributed by atoms with van der Waals surface area (Å²) in [6.45, 7) is 6.22. The lowest BCUT2D eigenvalue weighted by molar-refractivity contribution is -0.142. The third-order valence-corrected chi connectivity index (χ3v) is 7.22. The number of carbonyl (C=O) groups excluding carboxylic acids is 2. The Morgan fingerprint density at radius 1 is 1.42 bits per heavy atom. The number of esters is 1. The Morgan fingerprint density at radius 3 is 2.94 bits per heavy atom. The van der Waals surface area contributed by atoms with Crippen LogP contribution in [-0.2, 0) is 33.6 Å². The Bertz CT molecular complexity index is 999. The fraction of sp³-hybridized carbons (Fsp3) is 0.500. The van der Waals surface area contributed by atoms with E-state index in [4.69, 9.17) is 9.72 Å². The third kappa shape index (κ3) is 6.05. The van der Waals surface area contributed by atoms with E-state index < -0.39 is 5.25 Å². The Labute approximate surface area is 190 Å². The van der Waals surface area contributed by atoms with Gasteiger partial charge in [0.1, 0.15) is 11.1 Å². The van der Waals surface area contributed by atoms with Crippen LogP contribution in [0.1, 0.15) is 56.1 Å². The van der Waals surface area contributed by atoms with Crippen LogP contribution >= 0.6 is 23.1 Å². The molecule has 2 heterocycles. The lowest BCUT2D eigenvalue weighted by Crippen LogP contribution is -2.25. The van der Waals surface area contributed by atoms with Gasteiger partial charge in [-0.15, -0.1) is 11.3 Å². The van der Waals surface area contributed by atoms with Crippen molar-refractivity contribution in [1.82, 2.24) is 9.97 Å². The number of ether oxygens (including phenoxy) is 1. The second-order valence-corrected chi connectivity index (χ2v) is 9.59. The normalized spacial score (nSPS) is 16.1. The van der Waals surface area contributed by atoms with Crippen molar-refractivity contribution in [3.8, 4) is 6.07 Å². The molecule has 1 amide bonds. The van der Waals surface area contributed by atoms with Gasteiger partial charge in [-0.3, -0.25) is 9.59 Å². The van der Waals surface area contributed by atoms with Gasteiger partial charge in [0.05, 0.1) is 29.5 Å². The molecular formula is C22H26N4O3S2. The molecule has 0 bridgehead atoms. The van der Waals surface area contributed by atoms with Crippen molar-refractivity contribution in [2.45, 2.75) is 63.2 Å². The van der Waals surface area contributed by atoms with E-state index in [0.717, 1.165) is 30.5 Å². The van der Waals surface area contributed by atoms with Crippen LogP contribution in [0.15, 0.2) is 16.5 Å². The average molecular weight is 459 g/mol. The summed E-state index contributed by atoms with van der Waals surface area (Å²) < 4.78 is 4.93. The first-order valence-corrected chi connectivity index (χ1v) is 12.2. The smallest absolute Gasteiger partial charge is 0.311 e. The van der Waals surface area contributed by atoms with Crippen molar-refractivity contribution in [3.63, 3.8) is 0 Å². The van der Waals surface area contributed by atoms with Crippen LogP contribution in [0, 0.1) is 17.2 Å². The van der Waals surface area contributed by atoms with Gasteiger partial charge in [0.25, 0.3) is 0 Å². The molecule has 0 saturated carbocycles. The van der Waals surface area contributed by atoms with E-state index in [1.807, 2.05) is 13.0 Å². The van der Waals surface area contributed by atoms with Crippen LogP contribution < -0.4 is 5.32 Å². The highest BCUT2D eigenvalue weighted by atomic mass is 32.2. The lowest BCUT2D eigenvalue weighted by Gasteiger charge is -2.22. The lowest BCUT2D eigenvalue weighted by atomic mass is 9.87. The highest BCUT2D eigenvalue weighted by molar-refractivity contribution is 8.00. The van der Waals surface area contributed by atoms with Gasteiger partial charge in [0.15, 0.2) is 5.13 Å². The van der Waals surface area contributed by atoms with Crippen LogP contribution in [0.4, 0.5) is 5.13 Å². The predicted octanol–water partition coefficient (Wildman–Crippen LogP) is 4.15. The molecule has 1 N–H and O–H groups in total. The first-order chi connectivity index (χ1) is 14.9. The number of carbonyl (C=O) groups is 2. The van der Waals surface area contributed by atoms with Gasteiger partial charge in [-0.05, 0) is 50.2 Å². The van der Waals surface area contributed by atoms with Gasteiger partial charge in [-0.1, -0.05) is 25.6 Å². The molecule has 0 aromatic carbocycles. The number of fused-ring (bicyclic) bond motifs is 1. The zero-order valence-corrected chi connectivity index (χ0v) is 19.6. The summed E-state index contributed by atoms with van der Waals surface area (Å²) in [5.74, 6) is 0.0617. The predicted molar refractivity (Wildman–Crippen MR) is 121 cm³/mol. The molecule has 0 radical (unpaired) electrons. The quantitative estimate of drug-likeness (QED) is 0.468. The molecule has 31 heavy (non-hydrogen) atoms. The number of aryl methyl sites for hydroxylation is 1. The molecule has 0 spiro atoms. The van der Waals surface area contributed by atoms with Crippen molar-refractivity contribution < 1.29 is 14.3 Å². The van der Waals surface area contributed by atoms with E-state index in [1.165, 1.54) is 23.1 Å². The Kier molecular flexibility index (Phi) is 8.04. The molecule has 2 aromatic rings. The summed E-state index contributed by atoms with van der Waals surface area (Å²) in [4.78, 5) is 33.5. The van der Waals surface area contributed by atoms with Crippen LogP contribution in [0.2, 0.25) is 0 Å². The fourth-order valence-corrected chi connectivity index (χ4v) is 5.16. The summed E-state index contributed by atoms with van der Waals surface area (Å²) in [7, 11) is 0. The number of nitrogens with one attached hydrogen (secondary N) is 1. The molecule has 164 valence electrons. The van der Waals surface area contributed by atoms with E-state index >= 15 is 0 Å². The molecule has 1 aliphatic carbocycles. The molecule has 9 heteroatoms. The summed E-state index contributed by atoms with van der Waals surface area (Å²) in [5.41, 5.74) is 3.28. The van der Waals surface area contributed by atoms with E-state index in [-0.39, 0.29) is 18.3 Å². The molecule has 0 saturated heterocycles. The van der Waals surface area contributed by atoms with E-state index in [1.54, 1.807) is 12.3 Å². The number of thiazole rings is 1. The monoisotopic (exact) mass is 458 g/mol. The number of amides is 1. The first kappa shape index (κ1) is 23.2. The first-order valence-electron chi connectivity index (χ1n) is 10.4. The molecular weight excluding hydrogens is 432 g/mol. The maximum atomic E-state index is 12.8. The highest BCUT2D eigenvalue weighted by Crippen LogP contribution is 2.32. The molecule has 7 nitrogen and oxygen atoms in total. The minimum absolute atomic E-state index is 0.0787. The average Bonchev–Trinajstić information content (AvgIpc) is 3.17. The summed E-state index contributed by atoms with van der Waals surface area (Å²) in [5, 5.41) is 14.8. The zero-order valence-electron chi connectivity index (χ0n) is 17.9. The molecule has 0 fully saturated rings. The SMILES string of the molecule is CCOC(=O)Cc1csc(NC(=O)C(CC)Sc2nc3c(cc2C#N)CC(C)CC3)n1. The minimum Gasteiger partial charge on any atom is -0.466 e. The van der Waals surface area contributed by atoms with Crippen LogP contribution in [-0.4, -0.2) is 33.7 Å². The van der Waals surface area contributed by atoms with Gasteiger partial charge < -0.3 is 10.1 Å². The Balaban J connectivity index is 1.69. The van der Waals surface area contributed by atoms with E-state index in [9.17, 15) is 14.9 Å². The Hall–Kier alpha value is -2.44. The van der Waals surface area contributed by atoms with Gasteiger partial charge >= 0.3 is 5.97 Å². The molecule has 1 aliphatic rings. The zero-order chi connectivity index (χ0) is 22.4. The summed E-state index contributed by atoms with van der Waals surface area (Å²) in [6, 6.07) is 4.18. The van der Waals surface area contributed by atoms with Gasteiger partial charge in [-0.25, -0.2) is 9.97 Å². The van der Waals surface area contributed by atoms with Crippen molar-refractivity contribution in [2.24, 2.45) is 5.92 Å². The van der Waals surface area contributed by atoms with E-state index in [2.05, 4.69) is 23.3 Å². The van der Waals surface area contributed by atoms with Crippen molar-refractivity contribution in [1.29, 1.82) is 5.26 Å². The Morgan fingerprint density at radius 2 is 2.23 bits per heavy atom. The second-order valence-electron chi connectivity index (χ2n) is 7.54. The van der Waals surface area contributed by atoms with Crippen molar-refractivity contribution >= 4 is 40.1 Å². The maximum Gasteiger partial charge on any atom is 0.311 e. The number of nitrogens with zero attached hydrogens (tertiary/aromatic N) is 3. The molecule has 3 rings (SSSR count). The minimum atomic E-state index is -0.405. The number of aromatic nitrogens is 2. The summed E-state index contributed by atoms with van der Waals surface area (Å²) >= 11 is 2.59. The number of hydrogen-bond donors (Lipinski definition) is 1. The molecule has 2 unspecified atom stereocenters. The maximum absolute atomic E-state index is 12.8. The summed E-state index contributed by atoms with van der Waals surface area (Å²) in [6.07, 6.45) is 3.60. The molecule has 0 aliphatic heterocycles. The van der Waals surface area contributed by atoms with Gasteiger partial charge in [0.2, 0.25) is 5.91 Å². The van der Waals surface area contributed by atoms with Crippen LogP contribution in [0.3, 0.4) is 0 Å². The standard InChI is InChI=1S/C22H26N4O3S2/c1-4-18(20(28)26-22-24-16(12-30-22)10-19(27)29-5-2)31-21-15(11-23)9-14-8-13(3)6-7-17(14)25-21/h9,12-13,18H,4-8,10H2,1-3H3,(H,24,26,28). The van der Waals surface area contributed by atoms with Crippen LogP contribution in [0.25, 0.3) is 0 Å². The van der Waals surface area contributed by atoms with E-state index in [0.29, 0.717) is 40.4 Å². The van der Waals surface area contributed by atoms with Gasteiger partial charge in [-0.2, -0.15) is 5.26 Å². The third-order valence-electron chi connectivity index (χ3n) is 5.05. The number of hydrogen-bond acceptors (Lipinski definition) is 8. The number of thioether (sulfide) groups is 1. The largest absolute Gasteiger partial charge is 0.466 e. The highest BCUT2D eigenvalue weighted by Gasteiger charge is 2.24.